The summed E-state index contributed by atoms with van der Waals surface area (Å²) in [4.78, 5) is 0. The maximum Gasteiger partial charge on any atom is 0.358 e. The molecule has 0 saturated carbocycles. The molecule has 2 unspecified atom stereocenters. The summed E-state index contributed by atoms with van der Waals surface area (Å²) in [5.74, 6) is 0. The Kier molecular flexibility index (Phi) is 2.58. The lowest BCUT2D eigenvalue weighted by Gasteiger charge is -2.57. The van der Waals surface area contributed by atoms with Crippen LogP contribution < -0.4 is 0 Å². The summed E-state index contributed by atoms with van der Waals surface area (Å²) in [6.07, 6.45) is 0. The molecule has 0 aliphatic carbocycles. The maximum absolute atomic E-state index is 6.00. The average Bonchev–Trinajstić information content (AvgIpc) is 2.39. The van der Waals surface area contributed by atoms with E-state index in [9.17, 15) is 0 Å². The fourth-order valence-corrected chi connectivity index (χ4v) is 6.78. The first-order chi connectivity index (χ1) is 9.40. The molecule has 2 aromatic rings. The molecule has 1 spiro atoms. The van der Waals surface area contributed by atoms with Crippen molar-refractivity contribution in [2.45, 2.75) is 11.1 Å². The number of hydrogen-bond acceptors (Lipinski definition) is 2. The van der Waals surface area contributed by atoms with Gasteiger partial charge in [0.15, 0.2) is 0 Å². The molecule has 2 aliphatic heterocycles. The van der Waals surface area contributed by atoms with Crippen molar-refractivity contribution in [2.24, 2.45) is 0 Å². The third-order valence-corrected chi connectivity index (χ3v) is 8.50. The van der Waals surface area contributed by atoms with E-state index in [1.54, 1.807) is 0 Å². The average molecular weight is 268 g/mol. The zero-order valence-electron chi connectivity index (χ0n) is 10.7. The van der Waals surface area contributed by atoms with E-state index in [-0.39, 0.29) is 0 Å². The van der Waals surface area contributed by atoms with Crippen molar-refractivity contribution in [3.8, 4) is 0 Å². The van der Waals surface area contributed by atoms with Crippen molar-refractivity contribution in [2.75, 3.05) is 13.2 Å². The molecule has 2 aromatic carbocycles. The molecule has 2 nitrogen and oxygen atoms in total. The van der Waals surface area contributed by atoms with Gasteiger partial charge in [-0.15, -0.1) is 0 Å². The van der Waals surface area contributed by atoms with Gasteiger partial charge in [0.25, 0.3) is 0 Å². The molecule has 96 valence electrons. The van der Waals surface area contributed by atoms with Crippen LogP contribution in [0.5, 0.6) is 0 Å². The highest BCUT2D eigenvalue weighted by Crippen LogP contribution is 2.52. The van der Waals surface area contributed by atoms with Gasteiger partial charge in [0.05, 0.1) is 11.1 Å². The third kappa shape index (κ3) is 1.62. The Hall–Kier alpha value is -1.42. The summed E-state index contributed by atoms with van der Waals surface area (Å²) in [6, 6.07) is 21.3. The van der Waals surface area contributed by atoms with E-state index in [4.69, 9.17) is 8.85 Å². The first kappa shape index (κ1) is 11.4. The van der Waals surface area contributed by atoms with E-state index >= 15 is 0 Å². The highest BCUT2D eigenvalue weighted by Gasteiger charge is 2.66. The fraction of sp³-hybridized carbons (Fsp3) is 0.250. The standard InChI is InChI=1S/C16H16O2Si/c1-3-7-13(8-4-1)15-11-17-19(15)16(12-18-19)14-9-5-2-6-10-14/h1-10,15-16H,11-12H2. The second-order valence-electron chi connectivity index (χ2n) is 5.27. The second-order valence-corrected chi connectivity index (χ2v) is 8.68. The van der Waals surface area contributed by atoms with Crippen molar-refractivity contribution >= 4 is 8.56 Å². The van der Waals surface area contributed by atoms with Gasteiger partial charge >= 0.3 is 8.56 Å². The molecule has 4 rings (SSSR count). The van der Waals surface area contributed by atoms with E-state index in [0.29, 0.717) is 11.1 Å². The van der Waals surface area contributed by atoms with Crippen molar-refractivity contribution in [1.82, 2.24) is 0 Å². The summed E-state index contributed by atoms with van der Waals surface area (Å²) in [5, 5.41) is 0. The lowest BCUT2D eigenvalue weighted by molar-refractivity contribution is 0.0299. The highest BCUT2D eigenvalue weighted by atomic mass is 28.4. The SMILES string of the molecule is c1ccc(C2CO[Si]23OCC3c2ccccc2)cc1. The number of hydrogen-bond donors (Lipinski definition) is 0. The normalized spacial score (nSPS) is 32.6. The van der Waals surface area contributed by atoms with E-state index < -0.39 is 8.56 Å². The van der Waals surface area contributed by atoms with Gasteiger partial charge in [-0.3, -0.25) is 0 Å². The van der Waals surface area contributed by atoms with Gasteiger partial charge in [-0.1, -0.05) is 60.7 Å². The summed E-state index contributed by atoms with van der Waals surface area (Å²) in [6.45, 7) is 1.64. The molecular formula is C16H16O2Si. The van der Waals surface area contributed by atoms with Crippen LogP contribution in [0.25, 0.3) is 0 Å². The lowest BCUT2D eigenvalue weighted by Crippen LogP contribution is -2.71. The minimum atomic E-state index is -2.03. The molecular weight excluding hydrogens is 252 g/mol. The highest BCUT2D eigenvalue weighted by molar-refractivity contribution is 6.74. The van der Waals surface area contributed by atoms with Crippen LogP contribution >= 0.6 is 0 Å². The lowest BCUT2D eigenvalue weighted by atomic mass is 10.1. The Balaban J connectivity index is 1.65. The van der Waals surface area contributed by atoms with Crippen LogP contribution in [0, 0.1) is 0 Å². The summed E-state index contributed by atoms with van der Waals surface area (Å²) < 4.78 is 12.0. The van der Waals surface area contributed by atoms with E-state index in [1.807, 2.05) is 0 Å². The van der Waals surface area contributed by atoms with Gasteiger partial charge in [0, 0.05) is 13.2 Å². The van der Waals surface area contributed by atoms with Crippen LogP contribution in [0.15, 0.2) is 60.7 Å². The summed E-state index contributed by atoms with van der Waals surface area (Å²) in [5.41, 5.74) is 3.74. The fourth-order valence-electron chi connectivity index (χ4n) is 3.18. The molecule has 2 fully saturated rings. The maximum atomic E-state index is 6.00. The molecule has 2 aliphatic rings. The van der Waals surface area contributed by atoms with Gasteiger partial charge < -0.3 is 8.85 Å². The zero-order valence-corrected chi connectivity index (χ0v) is 11.7. The minimum Gasteiger partial charge on any atom is -0.393 e. The molecule has 19 heavy (non-hydrogen) atoms. The van der Waals surface area contributed by atoms with Gasteiger partial charge in [0.1, 0.15) is 0 Å². The van der Waals surface area contributed by atoms with Gasteiger partial charge in [0.2, 0.25) is 0 Å². The topological polar surface area (TPSA) is 18.5 Å². The molecule has 2 heterocycles. The minimum absolute atomic E-state index is 0.493. The Bertz CT molecular complexity index is 516. The predicted octanol–water partition coefficient (Wildman–Crippen LogP) is 3.14. The van der Waals surface area contributed by atoms with Crippen LogP contribution in [0.2, 0.25) is 0 Å². The number of benzene rings is 2. The Morgan fingerprint density at radius 3 is 1.42 bits per heavy atom. The summed E-state index contributed by atoms with van der Waals surface area (Å²) >= 11 is 0. The van der Waals surface area contributed by atoms with Crippen LogP contribution in [-0.2, 0) is 8.85 Å². The van der Waals surface area contributed by atoms with Crippen molar-refractivity contribution in [3.05, 3.63) is 71.8 Å². The first-order valence-electron chi connectivity index (χ1n) is 6.78. The van der Waals surface area contributed by atoms with Gasteiger partial charge in [-0.2, -0.15) is 0 Å². The summed E-state index contributed by atoms with van der Waals surface area (Å²) in [7, 11) is -2.03. The molecule has 0 bridgehead atoms. The van der Waals surface area contributed by atoms with E-state index in [0.717, 1.165) is 13.2 Å². The van der Waals surface area contributed by atoms with Gasteiger partial charge in [-0.05, 0) is 11.1 Å². The first-order valence-corrected chi connectivity index (χ1v) is 8.75. The molecule has 0 radical (unpaired) electrons. The Labute approximate surface area is 114 Å². The van der Waals surface area contributed by atoms with Crippen LogP contribution in [0.4, 0.5) is 0 Å². The molecule has 0 amide bonds. The monoisotopic (exact) mass is 268 g/mol. The van der Waals surface area contributed by atoms with E-state index in [1.165, 1.54) is 11.1 Å². The third-order valence-electron chi connectivity index (χ3n) is 4.33. The van der Waals surface area contributed by atoms with Gasteiger partial charge in [-0.25, -0.2) is 0 Å². The largest absolute Gasteiger partial charge is 0.393 e. The predicted molar refractivity (Wildman–Crippen MR) is 76.0 cm³/mol. The quantitative estimate of drug-likeness (QED) is 0.779. The van der Waals surface area contributed by atoms with Crippen molar-refractivity contribution in [1.29, 1.82) is 0 Å². The van der Waals surface area contributed by atoms with E-state index in [2.05, 4.69) is 60.7 Å². The van der Waals surface area contributed by atoms with Crippen LogP contribution in [-0.4, -0.2) is 21.8 Å². The second kappa shape index (κ2) is 4.30. The van der Waals surface area contributed by atoms with Crippen molar-refractivity contribution in [3.63, 3.8) is 0 Å². The Morgan fingerprint density at radius 2 is 1.11 bits per heavy atom. The van der Waals surface area contributed by atoms with Crippen molar-refractivity contribution < 1.29 is 8.85 Å². The smallest absolute Gasteiger partial charge is 0.358 e. The van der Waals surface area contributed by atoms with Crippen LogP contribution in [0.3, 0.4) is 0 Å². The number of rotatable bonds is 2. The molecule has 2 atom stereocenters. The molecule has 2 saturated heterocycles. The zero-order chi connectivity index (χ0) is 12.7. The Morgan fingerprint density at radius 1 is 0.684 bits per heavy atom. The molecule has 3 heteroatoms. The molecule has 0 N–H and O–H groups in total. The molecule has 0 aromatic heterocycles. The van der Waals surface area contributed by atoms with Crippen LogP contribution in [0.1, 0.15) is 22.2 Å².